The van der Waals surface area contributed by atoms with Crippen molar-refractivity contribution in [1.82, 2.24) is 4.31 Å². The van der Waals surface area contributed by atoms with Gasteiger partial charge in [0.25, 0.3) is 0 Å². The van der Waals surface area contributed by atoms with Gasteiger partial charge in [0, 0.05) is 19.5 Å². The van der Waals surface area contributed by atoms with Crippen LogP contribution in [0.3, 0.4) is 0 Å². The van der Waals surface area contributed by atoms with Gasteiger partial charge in [-0.05, 0) is 53.4 Å². The standard InChI is InChI=1S/C18H19NO4S/c1-22-16-3-2-13-6-8-19(12-15(13)10-16)24(20,21)17-4-5-18-14(11-17)7-9-23-18/h2-5,10-11H,6-9,12H2,1H3. The lowest BCUT2D eigenvalue weighted by atomic mass is 10.0. The largest absolute Gasteiger partial charge is 0.497 e. The van der Waals surface area contributed by atoms with Crippen LogP contribution < -0.4 is 9.47 Å². The van der Waals surface area contributed by atoms with E-state index in [9.17, 15) is 8.42 Å². The van der Waals surface area contributed by atoms with Crippen LogP contribution >= 0.6 is 0 Å². The van der Waals surface area contributed by atoms with Gasteiger partial charge < -0.3 is 9.47 Å². The maximum atomic E-state index is 13.0. The van der Waals surface area contributed by atoms with Crippen LogP contribution in [0, 0.1) is 0 Å². The molecule has 2 aliphatic rings. The molecule has 0 atom stereocenters. The number of nitrogens with zero attached hydrogens (tertiary/aromatic N) is 1. The fraction of sp³-hybridized carbons (Fsp3) is 0.333. The van der Waals surface area contributed by atoms with Crippen molar-refractivity contribution >= 4 is 10.0 Å². The first-order valence-corrected chi connectivity index (χ1v) is 9.43. The van der Waals surface area contributed by atoms with Gasteiger partial charge in [-0.3, -0.25) is 0 Å². The zero-order chi connectivity index (χ0) is 16.7. The third kappa shape index (κ3) is 2.56. The number of ether oxygens (including phenoxy) is 2. The van der Waals surface area contributed by atoms with Crippen LogP contribution in [-0.2, 0) is 29.4 Å². The highest BCUT2D eigenvalue weighted by Crippen LogP contribution is 2.31. The van der Waals surface area contributed by atoms with E-state index in [0.717, 1.165) is 29.0 Å². The van der Waals surface area contributed by atoms with Crippen molar-refractivity contribution in [3.05, 3.63) is 53.1 Å². The Labute approximate surface area is 141 Å². The minimum absolute atomic E-state index is 0.345. The molecule has 5 nitrogen and oxygen atoms in total. The Morgan fingerprint density at radius 1 is 1.04 bits per heavy atom. The molecule has 0 radical (unpaired) electrons. The van der Waals surface area contributed by atoms with Crippen molar-refractivity contribution in [2.45, 2.75) is 24.3 Å². The van der Waals surface area contributed by atoms with Crippen molar-refractivity contribution in [3.63, 3.8) is 0 Å². The summed E-state index contributed by atoms with van der Waals surface area (Å²) in [6.45, 7) is 1.49. The summed E-state index contributed by atoms with van der Waals surface area (Å²) in [4.78, 5) is 0.345. The molecule has 0 aromatic heterocycles. The van der Waals surface area contributed by atoms with E-state index >= 15 is 0 Å². The number of benzene rings is 2. The summed E-state index contributed by atoms with van der Waals surface area (Å²) >= 11 is 0. The molecule has 0 aliphatic carbocycles. The second-order valence-corrected chi connectivity index (χ2v) is 8.03. The summed E-state index contributed by atoms with van der Waals surface area (Å²) in [6.07, 6.45) is 1.48. The highest BCUT2D eigenvalue weighted by Gasteiger charge is 2.29. The van der Waals surface area contributed by atoms with Crippen molar-refractivity contribution in [2.75, 3.05) is 20.3 Å². The minimum Gasteiger partial charge on any atom is -0.497 e. The maximum Gasteiger partial charge on any atom is 0.243 e. The van der Waals surface area contributed by atoms with Gasteiger partial charge in [0.1, 0.15) is 11.5 Å². The topological polar surface area (TPSA) is 55.8 Å². The number of fused-ring (bicyclic) bond motifs is 2. The summed E-state index contributed by atoms with van der Waals surface area (Å²) < 4.78 is 38.3. The maximum absolute atomic E-state index is 13.0. The van der Waals surface area contributed by atoms with Gasteiger partial charge in [-0.1, -0.05) is 6.07 Å². The highest BCUT2D eigenvalue weighted by atomic mass is 32.2. The van der Waals surface area contributed by atoms with Crippen molar-refractivity contribution < 1.29 is 17.9 Å². The molecule has 126 valence electrons. The van der Waals surface area contributed by atoms with E-state index in [1.807, 2.05) is 18.2 Å². The van der Waals surface area contributed by atoms with Crippen LogP contribution in [0.4, 0.5) is 0 Å². The summed E-state index contributed by atoms with van der Waals surface area (Å²) in [6, 6.07) is 11.0. The predicted molar refractivity (Wildman–Crippen MR) is 89.9 cm³/mol. The first-order chi connectivity index (χ1) is 11.6. The predicted octanol–water partition coefficient (Wildman–Crippen LogP) is 2.38. The molecule has 2 aromatic carbocycles. The number of hydrogen-bond donors (Lipinski definition) is 0. The summed E-state index contributed by atoms with van der Waals surface area (Å²) in [5.41, 5.74) is 3.16. The smallest absolute Gasteiger partial charge is 0.243 e. The molecular formula is C18H19NO4S. The Morgan fingerprint density at radius 3 is 2.75 bits per heavy atom. The zero-order valence-corrected chi connectivity index (χ0v) is 14.3. The second-order valence-electron chi connectivity index (χ2n) is 6.09. The van der Waals surface area contributed by atoms with Gasteiger partial charge in [-0.2, -0.15) is 4.31 Å². The molecule has 0 spiro atoms. The van der Waals surface area contributed by atoms with Gasteiger partial charge >= 0.3 is 0 Å². The SMILES string of the molecule is COc1ccc2c(c1)CN(S(=O)(=O)c1ccc3c(c1)CCO3)CC2. The number of methoxy groups -OCH3 is 1. The van der Waals surface area contributed by atoms with Crippen LogP contribution in [0.2, 0.25) is 0 Å². The number of hydrogen-bond acceptors (Lipinski definition) is 4. The van der Waals surface area contributed by atoms with Gasteiger partial charge in [-0.15, -0.1) is 0 Å². The quantitative estimate of drug-likeness (QED) is 0.857. The molecular weight excluding hydrogens is 326 g/mol. The van der Waals surface area contributed by atoms with E-state index in [1.54, 1.807) is 29.6 Å². The second kappa shape index (κ2) is 5.79. The fourth-order valence-corrected chi connectivity index (χ4v) is 4.78. The van der Waals surface area contributed by atoms with Gasteiger partial charge in [-0.25, -0.2) is 8.42 Å². The average Bonchev–Trinajstić information content (AvgIpc) is 3.08. The van der Waals surface area contributed by atoms with Crippen LogP contribution in [0.1, 0.15) is 16.7 Å². The molecule has 0 N–H and O–H groups in total. The lowest BCUT2D eigenvalue weighted by Crippen LogP contribution is -2.36. The Kier molecular flexibility index (Phi) is 3.73. The Hall–Kier alpha value is -2.05. The molecule has 0 amide bonds. The Morgan fingerprint density at radius 2 is 1.92 bits per heavy atom. The van der Waals surface area contributed by atoms with Crippen LogP contribution in [0.25, 0.3) is 0 Å². The van der Waals surface area contributed by atoms with E-state index < -0.39 is 10.0 Å². The molecule has 2 aliphatic heterocycles. The lowest BCUT2D eigenvalue weighted by molar-refractivity contribution is 0.356. The monoisotopic (exact) mass is 345 g/mol. The number of sulfonamides is 1. The first-order valence-electron chi connectivity index (χ1n) is 7.99. The van der Waals surface area contributed by atoms with Crippen molar-refractivity contribution in [1.29, 1.82) is 0 Å². The van der Waals surface area contributed by atoms with Crippen LogP contribution in [-0.4, -0.2) is 33.0 Å². The summed E-state index contributed by atoms with van der Waals surface area (Å²) in [7, 11) is -1.89. The third-order valence-electron chi connectivity index (χ3n) is 4.69. The highest BCUT2D eigenvalue weighted by molar-refractivity contribution is 7.89. The van der Waals surface area contributed by atoms with Gasteiger partial charge in [0.05, 0.1) is 18.6 Å². The molecule has 0 bridgehead atoms. The minimum atomic E-state index is -3.51. The third-order valence-corrected chi connectivity index (χ3v) is 6.53. The molecule has 0 fully saturated rings. The molecule has 0 unspecified atom stereocenters. The first kappa shape index (κ1) is 15.5. The van der Waals surface area contributed by atoms with Crippen LogP contribution in [0.5, 0.6) is 11.5 Å². The van der Waals surface area contributed by atoms with E-state index in [1.165, 1.54) is 5.56 Å². The molecule has 24 heavy (non-hydrogen) atoms. The van der Waals surface area contributed by atoms with E-state index in [0.29, 0.717) is 31.0 Å². The van der Waals surface area contributed by atoms with E-state index in [2.05, 4.69) is 0 Å². The Bertz CT molecular complexity index is 892. The Balaban J connectivity index is 1.65. The average molecular weight is 345 g/mol. The normalized spacial score (nSPS) is 17.0. The van der Waals surface area contributed by atoms with Crippen molar-refractivity contribution in [3.8, 4) is 11.5 Å². The lowest BCUT2D eigenvalue weighted by Gasteiger charge is -2.28. The summed E-state index contributed by atoms with van der Waals surface area (Å²) in [5, 5.41) is 0. The van der Waals surface area contributed by atoms with E-state index in [-0.39, 0.29) is 0 Å². The molecule has 6 heteroatoms. The fourth-order valence-electron chi connectivity index (χ4n) is 3.31. The van der Waals surface area contributed by atoms with Gasteiger partial charge in [0.2, 0.25) is 10.0 Å². The zero-order valence-electron chi connectivity index (χ0n) is 13.5. The molecule has 2 aromatic rings. The van der Waals surface area contributed by atoms with E-state index in [4.69, 9.17) is 9.47 Å². The van der Waals surface area contributed by atoms with Gasteiger partial charge in [0.15, 0.2) is 0 Å². The molecule has 0 saturated heterocycles. The molecule has 2 heterocycles. The van der Waals surface area contributed by atoms with Crippen LogP contribution in [0.15, 0.2) is 41.3 Å². The molecule has 0 saturated carbocycles. The molecule has 4 rings (SSSR count). The van der Waals surface area contributed by atoms with Crippen molar-refractivity contribution in [2.24, 2.45) is 0 Å². The number of rotatable bonds is 3. The summed E-state index contributed by atoms with van der Waals surface area (Å²) in [5.74, 6) is 1.55.